The summed E-state index contributed by atoms with van der Waals surface area (Å²) in [7, 11) is -4.03. The van der Waals surface area contributed by atoms with Crippen LogP contribution in [0.2, 0.25) is 0 Å². The summed E-state index contributed by atoms with van der Waals surface area (Å²) in [6.07, 6.45) is 2.07. The molecule has 19 heavy (non-hydrogen) atoms. The first-order valence-electron chi connectivity index (χ1n) is 5.23. The minimum Gasteiger partial charge on any atom is -0.478 e. The standard InChI is InChI=1S/C11H12F2O4S2/c1-18-3-2-4-19(16,17)9-6-7(11(14)15)5-8(12)10(9)13/h5-6H,2-4H2,1H3,(H,14,15). The summed E-state index contributed by atoms with van der Waals surface area (Å²) in [5.74, 6) is -4.33. The Balaban J connectivity index is 3.21. The van der Waals surface area contributed by atoms with Crippen LogP contribution in [0.3, 0.4) is 0 Å². The van der Waals surface area contributed by atoms with Gasteiger partial charge in [0.2, 0.25) is 0 Å². The fourth-order valence-corrected chi connectivity index (χ4v) is 3.45. The Hall–Kier alpha value is -1.15. The summed E-state index contributed by atoms with van der Waals surface area (Å²) in [5, 5.41) is 8.72. The van der Waals surface area contributed by atoms with E-state index in [0.717, 1.165) is 0 Å². The first-order valence-corrected chi connectivity index (χ1v) is 8.28. The average molecular weight is 310 g/mol. The highest BCUT2D eigenvalue weighted by Crippen LogP contribution is 2.22. The second kappa shape index (κ2) is 6.33. The van der Waals surface area contributed by atoms with E-state index in [1.54, 1.807) is 6.26 Å². The molecule has 0 fully saturated rings. The molecule has 1 rings (SSSR count). The van der Waals surface area contributed by atoms with Gasteiger partial charge in [-0.2, -0.15) is 11.8 Å². The van der Waals surface area contributed by atoms with Crippen LogP contribution in [-0.4, -0.2) is 37.3 Å². The smallest absolute Gasteiger partial charge is 0.335 e. The zero-order valence-electron chi connectivity index (χ0n) is 10.0. The molecule has 0 saturated heterocycles. The monoisotopic (exact) mass is 310 g/mol. The maximum absolute atomic E-state index is 13.5. The molecule has 0 radical (unpaired) electrons. The van der Waals surface area contributed by atoms with Gasteiger partial charge in [-0.3, -0.25) is 0 Å². The largest absolute Gasteiger partial charge is 0.478 e. The van der Waals surface area contributed by atoms with Gasteiger partial charge in [-0.15, -0.1) is 0 Å². The van der Waals surface area contributed by atoms with E-state index in [2.05, 4.69) is 0 Å². The van der Waals surface area contributed by atoms with E-state index in [-0.39, 0.29) is 12.2 Å². The quantitative estimate of drug-likeness (QED) is 0.816. The highest BCUT2D eigenvalue weighted by atomic mass is 32.2. The van der Waals surface area contributed by atoms with Crippen LogP contribution in [0, 0.1) is 11.6 Å². The Bertz CT molecular complexity index is 585. The van der Waals surface area contributed by atoms with Crippen LogP contribution >= 0.6 is 11.8 Å². The van der Waals surface area contributed by atoms with E-state index in [4.69, 9.17) is 5.11 Å². The van der Waals surface area contributed by atoms with Crippen molar-refractivity contribution in [1.29, 1.82) is 0 Å². The van der Waals surface area contributed by atoms with E-state index in [9.17, 15) is 22.0 Å². The number of sulfone groups is 1. The predicted octanol–water partition coefficient (Wildman–Crippen LogP) is 2.19. The molecular formula is C11H12F2O4S2. The number of carboxylic acid groups (broad SMARTS) is 1. The van der Waals surface area contributed by atoms with Crippen molar-refractivity contribution in [3.63, 3.8) is 0 Å². The van der Waals surface area contributed by atoms with Gasteiger partial charge >= 0.3 is 5.97 Å². The lowest BCUT2D eigenvalue weighted by atomic mass is 10.2. The van der Waals surface area contributed by atoms with Crippen LogP contribution in [0.5, 0.6) is 0 Å². The van der Waals surface area contributed by atoms with Crippen LogP contribution in [0.25, 0.3) is 0 Å². The van der Waals surface area contributed by atoms with Gasteiger partial charge in [-0.25, -0.2) is 22.0 Å². The first-order chi connectivity index (χ1) is 8.79. The molecule has 0 bridgehead atoms. The number of thioether (sulfide) groups is 1. The van der Waals surface area contributed by atoms with E-state index >= 15 is 0 Å². The third kappa shape index (κ3) is 3.90. The van der Waals surface area contributed by atoms with Gasteiger partial charge in [0.05, 0.1) is 11.3 Å². The molecule has 1 N–H and O–H groups in total. The van der Waals surface area contributed by atoms with Gasteiger partial charge in [0.25, 0.3) is 0 Å². The SMILES string of the molecule is CSCCCS(=O)(=O)c1cc(C(=O)O)cc(F)c1F. The van der Waals surface area contributed by atoms with Crippen molar-refractivity contribution in [3.05, 3.63) is 29.3 Å². The normalized spacial score (nSPS) is 11.5. The fourth-order valence-electron chi connectivity index (χ4n) is 1.42. The molecule has 0 heterocycles. The lowest BCUT2D eigenvalue weighted by Gasteiger charge is -2.07. The molecule has 0 aliphatic rings. The summed E-state index contributed by atoms with van der Waals surface area (Å²) in [4.78, 5) is 9.82. The van der Waals surface area contributed by atoms with Crippen molar-refractivity contribution in [3.8, 4) is 0 Å². The number of aromatic carboxylic acids is 1. The highest BCUT2D eigenvalue weighted by Gasteiger charge is 2.24. The number of hydrogen-bond acceptors (Lipinski definition) is 4. The van der Waals surface area contributed by atoms with Crippen molar-refractivity contribution in [2.75, 3.05) is 17.8 Å². The molecule has 1 aromatic rings. The summed E-state index contributed by atoms with van der Waals surface area (Å²) < 4.78 is 50.4. The number of hydrogen-bond donors (Lipinski definition) is 1. The van der Waals surface area contributed by atoms with Crippen LogP contribution in [-0.2, 0) is 9.84 Å². The molecule has 0 amide bonds. The van der Waals surface area contributed by atoms with Crippen LogP contribution in [0.1, 0.15) is 16.8 Å². The molecule has 1 aromatic carbocycles. The van der Waals surface area contributed by atoms with Crippen LogP contribution in [0.4, 0.5) is 8.78 Å². The molecule has 4 nitrogen and oxygen atoms in total. The summed E-state index contributed by atoms with van der Waals surface area (Å²) in [6.45, 7) is 0. The maximum Gasteiger partial charge on any atom is 0.335 e. The average Bonchev–Trinajstić information content (AvgIpc) is 2.32. The number of halogens is 2. The van der Waals surface area contributed by atoms with Crippen molar-refractivity contribution < 1.29 is 27.1 Å². The minimum atomic E-state index is -4.03. The van der Waals surface area contributed by atoms with E-state index in [0.29, 0.717) is 17.9 Å². The molecule has 0 aromatic heterocycles. The Kier molecular flexibility index (Phi) is 5.30. The molecule has 0 aliphatic heterocycles. The highest BCUT2D eigenvalue weighted by molar-refractivity contribution is 7.98. The lowest BCUT2D eigenvalue weighted by molar-refractivity contribution is 0.0696. The maximum atomic E-state index is 13.5. The van der Waals surface area contributed by atoms with Gasteiger partial charge in [0.1, 0.15) is 4.90 Å². The van der Waals surface area contributed by atoms with E-state index in [1.165, 1.54) is 11.8 Å². The van der Waals surface area contributed by atoms with Gasteiger partial charge in [-0.05, 0) is 30.6 Å². The van der Waals surface area contributed by atoms with E-state index in [1.807, 2.05) is 0 Å². The Morgan fingerprint density at radius 3 is 2.53 bits per heavy atom. The topological polar surface area (TPSA) is 71.4 Å². The third-order valence-electron chi connectivity index (χ3n) is 2.34. The molecular weight excluding hydrogens is 298 g/mol. The second-order valence-electron chi connectivity index (χ2n) is 3.74. The van der Waals surface area contributed by atoms with Gasteiger partial charge in [-0.1, -0.05) is 0 Å². The molecule has 0 aliphatic carbocycles. The second-order valence-corrected chi connectivity index (χ2v) is 6.80. The third-order valence-corrected chi connectivity index (χ3v) is 4.83. The summed E-state index contributed by atoms with van der Waals surface area (Å²) >= 11 is 1.43. The molecule has 8 heteroatoms. The lowest BCUT2D eigenvalue weighted by Crippen LogP contribution is -2.12. The van der Waals surface area contributed by atoms with E-state index < -0.39 is 37.9 Å². The Labute approximate surface area is 113 Å². The summed E-state index contributed by atoms with van der Waals surface area (Å²) in [6, 6.07) is 1.10. The zero-order valence-corrected chi connectivity index (χ0v) is 11.7. The molecule has 106 valence electrons. The molecule has 0 saturated carbocycles. The first kappa shape index (κ1) is 15.9. The zero-order chi connectivity index (χ0) is 14.6. The molecule has 0 atom stereocenters. The van der Waals surface area contributed by atoms with Crippen LogP contribution < -0.4 is 0 Å². The van der Waals surface area contributed by atoms with Crippen molar-refractivity contribution in [2.24, 2.45) is 0 Å². The van der Waals surface area contributed by atoms with Crippen molar-refractivity contribution >= 4 is 27.6 Å². The number of carboxylic acids is 1. The van der Waals surface area contributed by atoms with Gasteiger partial charge in [0, 0.05) is 0 Å². The molecule has 0 spiro atoms. The van der Waals surface area contributed by atoms with Gasteiger partial charge in [0.15, 0.2) is 21.5 Å². The van der Waals surface area contributed by atoms with Crippen LogP contribution in [0.15, 0.2) is 17.0 Å². The number of carbonyl (C=O) groups is 1. The summed E-state index contributed by atoms with van der Waals surface area (Å²) in [5.41, 5.74) is -0.595. The Morgan fingerprint density at radius 2 is 2.00 bits per heavy atom. The van der Waals surface area contributed by atoms with Crippen molar-refractivity contribution in [2.45, 2.75) is 11.3 Å². The number of benzene rings is 1. The molecule has 0 unspecified atom stereocenters. The predicted molar refractivity (Wildman–Crippen MR) is 68.4 cm³/mol. The minimum absolute atomic E-state index is 0.280. The fraction of sp³-hybridized carbons (Fsp3) is 0.364. The Morgan fingerprint density at radius 1 is 1.37 bits per heavy atom. The number of rotatable bonds is 6. The van der Waals surface area contributed by atoms with Crippen molar-refractivity contribution in [1.82, 2.24) is 0 Å². The van der Waals surface area contributed by atoms with Gasteiger partial charge < -0.3 is 5.11 Å².